The standard InChI is InChI=1S/C22H25N3O3/c1-27-20-5-3-2-4-15(20)11-19-18-10-16(18)14-25(19)21-12-17(13-22(26)23-21)24-6-8-28-9-7-24/h2-5,10,12-13,18-19H,6-9,11,14H2,1H3,(H,23,26)/t18-,19-/m1/s1. The predicted octanol–water partition coefficient (Wildman–Crippen LogP) is 2.21. The maximum atomic E-state index is 12.4. The van der Waals surface area contributed by atoms with Gasteiger partial charge in [-0.15, -0.1) is 0 Å². The number of aromatic nitrogens is 1. The van der Waals surface area contributed by atoms with Gasteiger partial charge in [-0.05, 0) is 23.6 Å². The van der Waals surface area contributed by atoms with E-state index < -0.39 is 0 Å². The van der Waals surface area contributed by atoms with Gasteiger partial charge in [-0.1, -0.05) is 24.3 Å². The zero-order valence-corrected chi connectivity index (χ0v) is 16.1. The number of methoxy groups -OCH3 is 1. The minimum absolute atomic E-state index is 0.0513. The highest BCUT2D eigenvalue weighted by Crippen LogP contribution is 2.45. The minimum Gasteiger partial charge on any atom is -0.496 e. The van der Waals surface area contributed by atoms with Gasteiger partial charge in [0.1, 0.15) is 11.6 Å². The average Bonchev–Trinajstić information content (AvgIpc) is 3.42. The highest BCUT2D eigenvalue weighted by molar-refractivity contribution is 5.60. The number of H-pyrrole nitrogens is 1. The number of hydrogen-bond acceptors (Lipinski definition) is 5. The number of morpholine rings is 1. The third-order valence-corrected chi connectivity index (χ3v) is 6.00. The van der Waals surface area contributed by atoms with Crippen LogP contribution in [0, 0.1) is 5.92 Å². The topological polar surface area (TPSA) is 57.8 Å². The smallest absolute Gasteiger partial charge is 0.251 e. The normalized spacial score (nSPS) is 23.4. The third-order valence-electron chi connectivity index (χ3n) is 6.00. The number of fused-ring (bicyclic) bond motifs is 1. The number of aromatic amines is 1. The van der Waals surface area contributed by atoms with E-state index >= 15 is 0 Å². The number of nitrogens with zero attached hydrogens (tertiary/aromatic N) is 2. The molecule has 5 rings (SSSR count). The molecule has 0 radical (unpaired) electrons. The van der Waals surface area contributed by atoms with Gasteiger partial charge >= 0.3 is 0 Å². The van der Waals surface area contributed by atoms with E-state index in [1.807, 2.05) is 12.1 Å². The van der Waals surface area contributed by atoms with E-state index in [9.17, 15) is 4.79 Å². The Kier molecular flexibility index (Phi) is 4.36. The van der Waals surface area contributed by atoms with Gasteiger partial charge in [0, 0.05) is 49.4 Å². The molecule has 146 valence electrons. The molecule has 1 aromatic carbocycles. The third kappa shape index (κ3) is 3.18. The van der Waals surface area contributed by atoms with Crippen LogP contribution >= 0.6 is 0 Å². The Balaban J connectivity index is 1.44. The molecule has 2 saturated heterocycles. The molecule has 6 nitrogen and oxygen atoms in total. The van der Waals surface area contributed by atoms with Crippen LogP contribution in [0.2, 0.25) is 0 Å². The summed E-state index contributed by atoms with van der Waals surface area (Å²) in [6.07, 6.45) is 3.24. The lowest BCUT2D eigenvalue weighted by Gasteiger charge is -2.32. The summed E-state index contributed by atoms with van der Waals surface area (Å²) >= 11 is 0. The molecule has 6 heteroatoms. The van der Waals surface area contributed by atoms with Crippen LogP contribution in [0.15, 0.2) is 52.8 Å². The molecule has 1 aromatic heterocycles. The molecule has 0 saturated carbocycles. The summed E-state index contributed by atoms with van der Waals surface area (Å²) in [6, 6.07) is 12.3. The van der Waals surface area contributed by atoms with E-state index in [-0.39, 0.29) is 5.56 Å². The largest absolute Gasteiger partial charge is 0.496 e. The second-order valence-electron chi connectivity index (χ2n) is 7.67. The number of hydrogen-bond donors (Lipinski definition) is 1. The number of rotatable bonds is 5. The molecule has 0 bridgehead atoms. The van der Waals surface area contributed by atoms with E-state index in [2.05, 4.69) is 39.1 Å². The summed E-state index contributed by atoms with van der Waals surface area (Å²) in [4.78, 5) is 20.0. The first-order valence-corrected chi connectivity index (χ1v) is 9.89. The molecule has 2 fully saturated rings. The second-order valence-corrected chi connectivity index (χ2v) is 7.67. The Morgan fingerprint density at radius 1 is 1.21 bits per heavy atom. The van der Waals surface area contributed by atoms with E-state index in [1.54, 1.807) is 13.2 Å². The Morgan fingerprint density at radius 3 is 2.86 bits per heavy atom. The highest BCUT2D eigenvalue weighted by Gasteiger charge is 2.45. The van der Waals surface area contributed by atoms with Crippen LogP contribution < -0.4 is 20.1 Å². The first-order valence-electron chi connectivity index (χ1n) is 9.89. The lowest BCUT2D eigenvalue weighted by atomic mass is 10.00. The number of anilines is 2. The zero-order valence-electron chi connectivity index (χ0n) is 16.1. The molecule has 1 N–H and O–H groups in total. The molecule has 2 atom stereocenters. The molecule has 2 aromatic rings. The van der Waals surface area contributed by atoms with Crippen LogP contribution in [-0.2, 0) is 11.2 Å². The van der Waals surface area contributed by atoms with Crippen molar-refractivity contribution in [1.29, 1.82) is 0 Å². The van der Waals surface area contributed by atoms with Crippen LogP contribution in [0.1, 0.15) is 5.56 Å². The average molecular weight is 379 g/mol. The molecule has 28 heavy (non-hydrogen) atoms. The van der Waals surface area contributed by atoms with Crippen molar-refractivity contribution in [3.8, 4) is 5.75 Å². The molecule has 3 aliphatic rings. The fourth-order valence-electron chi connectivity index (χ4n) is 4.48. The summed E-state index contributed by atoms with van der Waals surface area (Å²) in [5, 5.41) is 0. The molecule has 0 spiro atoms. The Morgan fingerprint density at radius 2 is 2.04 bits per heavy atom. The van der Waals surface area contributed by atoms with Gasteiger partial charge < -0.3 is 24.3 Å². The van der Waals surface area contributed by atoms with Crippen LogP contribution in [-0.4, -0.2) is 51.0 Å². The number of nitrogens with one attached hydrogen (secondary N) is 1. The van der Waals surface area contributed by atoms with Crippen molar-refractivity contribution >= 4 is 11.5 Å². The van der Waals surface area contributed by atoms with Crippen molar-refractivity contribution in [3.63, 3.8) is 0 Å². The maximum Gasteiger partial charge on any atom is 0.251 e. The molecule has 3 heterocycles. The van der Waals surface area contributed by atoms with Gasteiger partial charge in [0.25, 0.3) is 5.56 Å². The molecular formula is C22H25N3O3. The number of pyridine rings is 1. The van der Waals surface area contributed by atoms with Gasteiger partial charge in [-0.25, -0.2) is 0 Å². The van der Waals surface area contributed by atoms with Gasteiger partial charge in [-0.2, -0.15) is 0 Å². The molecular weight excluding hydrogens is 354 g/mol. The highest BCUT2D eigenvalue weighted by atomic mass is 16.5. The van der Waals surface area contributed by atoms with Gasteiger partial charge in [0.05, 0.1) is 20.3 Å². The van der Waals surface area contributed by atoms with Crippen LogP contribution in [0.25, 0.3) is 0 Å². The van der Waals surface area contributed by atoms with Crippen molar-refractivity contribution in [2.24, 2.45) is 5.92 Å². The van der Waals surface area contributed by atoms with E-state index in [0.29, 0.717) is 25.2 Å². The van der Waals surface area contributed by atoms with Crippen LogP contribution in [0.5, 0.6) is 5.75 Å². The quantitative estimate of drug-likeness (QED) is 0.808. The fraction of sp³-hybridized carbons (Fsp3) is 0.409. The lowest BCUT2D eigenvalue weighted by Crippen LogP contribution is -2.38. The van der Waals surface area contributed by atoms with E-state index in [1.165, 1.54) is 11.1 Å². The fourth-order valence-corrected chi connectivity index (χ4v) is 4.48. The molecule has 0 amide bonds. The van der Waals surface area contributed by atoms with E-state index in [4.69, 9.17) is 9.47 Å². The van der Waals surface area contributed by atoms with Gasteiger partial charge in [-0.3, -0.25) is 4.79 Å². The zero-order chi connectivity index (χ0) is 19.1. The van der Waals surface area contributed by atoms with Crippen molar-refractivity contribution < 1.29 is 9.47 Å². The van der Waals surface area contributed by atoms with Crippen molar-refractivity contribution in [3.05, 3.63) is 64.0 Å². The monoisotopic (exact) mass is 379 g/mol. The first-order chi connectivity index (χ1) is 13.7. The number of benzene rings is 1. The Hall–Kier alpha value is -2.73. The first kappa shape index (κ1) is 17.4. The molecule has 2 aliphatic heterocycles. The summed E-state index contributed by atoms with van der Waals surface area (Å²) < 4.78 is 11.0. The van der Waals surface area contributed by atoms with E-state index in [0.717, 1.165) is 43.3 Å². The SMILES string of the molecule is COc1ccccc1C[C@@H]1[C@@H]2C=C2CN1c1cc(N2CCOCC2)cc(=O)[nH]1. The van der Waals surface area contributed by atoms with Crippen molar-refractivity contribution in [2.75, 3.05) is 49.8 Å². The lowest BCUT2D eigenvalue weighted by molar-refractivity contribution is 0.122. The predicted molar refractivity (Wildman–Crippen MR) is 109 cm³/mol. The molecule has 0 unspecified atom stereocenters. The summed E-state index contributed by atoms with van der Waals surface area (Å²) in [6.45, 7) is 3.93. The minimum atomic E-state index is -0.0513. The molecule has 1 aliphatic carbocycles. The second kappa shape index (κ2) is 7.02. The summed E-state index contributed by atoms with van der Waals surface area (Å²) in [7, 11) is 1.72. The Labute approximate surface area is 164 Å². The van der Waals surface area contributed by atoms with Crippen LogP contribution in [0.4, 0.5) is 11.5 Å². The summed E-state index contributed by atoms with van der Waals surface area (Å²) in [5.41, 5.74) is 3.60. The Bertz CT molecular complexity index is 961. The number of ether oxygens (including phenoxy) is 2. The van der Waals surface area contributed by atoms with Gasteiger partial charge in [0.2, 0.25) is 0 Å². The van der Waals surface area contributed by atoms with Crippen molar-refractivity contribution in [2.45, 2.75) is 12.5 Å². The maximum absolute atomic E-state index is 12.4. The van der Waals surface area contributed by atoms with Crippen LogP contribution in [0.3, 0.4) is 0 Å². The number of para-hydroxylation sites is 1. The van der Waals surface area contributed by atoms with Crippen molar-refractivity contribution in [1.82, 2.24) is 4.98 Å². The van der Waals surface area contributed by atoms with Gasteiger partial charge in [0.15, 0.2) is 0 Å². The summed E-state index contributed by atoms with van der Waals surface area (Å²) in [5.74, 6) is 2.33.